The molecule has 0 radical (unpaired) electrons. The molecule has 1 aliphatic heterocycles. The van der Waals surface area contributed by atoms with Crippen molar-refractivity contribution >= 4 is 12.0 Å². The number of methoxy groups -OCH3 is 2. The van der Waals surface area contributed by atoms with E-state index in [1.54, 1.807) is 26.4 Å². The van der Waals surface area contributed by atoms with Crippen molar-refractivity contribution in [2.75, 3.05) is 27.4 Å². The first-order valence-electron chi connectivity index (χ1n) is 8.71. The van der Waals surface area contributed by atoms with E-state index < -0.39 is 0 Å². The van der Waals surface area contributed by atoms with Gasteiger partial charge in [0, 0.05) is 6.08 Å². The van der Waals surface area contributed by atoms with Gasteiger partial charge in [-0.1, -0.05) is 12.1 Å². The molecule has 1 atom stereocenters. The molecular formula is C21H23NO5. The molecule has 1 aliphatic rings. The molecule has 0 bridgehead atoms. The smallest absolute Gasteiger partial charge is 0.244 e. The molecule has 2 aromatic carbocycles. The van der Waals surface area contributed by atoms with Gasteiger partial charge >= 0.3 is 0 Å². The van der Waals surface area contributed by atoms with Gasteiger partial charge in [0.05, 0.1) is 20.3 Å². The Labute approximate surface area is 158 Å². The van der Waals surface area contributed by atoms with Crippen LogP contribution in [0.4, 0.5) is 0 Å². The molecule has 0 aromatic heterocycles. The maximum Gasteiger partial charge on any atom is 0.244 e. The summed E-state index contributed by atoms with van der Waals surface area (Å²) in [5.41, 5.74) is 1.79. The molecule has 6 heteroatoms. The zero-order valence-electron chi connectivity index (χ0n) is 15.7. The molecule has 3 rings (SSSR count). The van der Waals surface area contributed by atoms with Crippen molar-refractivity contribution < 1.29 is 23.7 Å². The highest BCUT2D eigenvalue weighted by atomic mass is 16.6. The van der Waals surface area contributed by atoms with Crippen LogP contribution >= 0.6 is 0 Å². The first-order valence-corrected chi connectivity index (χ1v) is 8.71. The van der Waals surface area contributed by atoms with Crippen LogP contribution in [0.25, 0.3) is 6.08 Å². The lowest BCUT2D eigenvalue weighted by molar-refractivity contribution is -0.117. The number of amides is 1. The summed E-state index contributed by atoms with van der Waals surface area (Å²) < 4.78 is 21.6. The SMILES string of the molecule is COc1ccc(/C=C/C(=O)N[C@@H](C)c2ccc3c(c2)OCCO3)cc1OC. The lowest BCUT2D eigenvalue weighted by Gasteiger charge is -2.20. The molecule has 1 amide bonds. The van der Waals surface area contributed by atoms with Crippen LogP contribution in [0.5, 0.6) is 23.0 Å². The number of benzene rings is 2. The summed E-state index contributed by atoms with van der Waals surface area (Å²) in [6.07, 6.45) is 3.23. The van der Waals surface area contributed by atoms with Crippen LogP contribution in [0.15, 0.2) is 42.5 Å². The number of hydrogen-bond acceptors (Lipinski definition) is 5. The molecule has 1 N–H and O–H groups in total. The molecule has 27 heavy (non-hydrogen) atoms. The Kier molecular flexibility index (Phi) is 5.86. The van der Waals surface area contributed by atoms with Gasteiger partial charge in [-0.05, 0) is 48.4 Å². The van der Waals surface area contributed by atoms with Gasteiger partial charge in [-0.15, -0.1) is 0 Å². The van der Waals surface area contributed by atoms with Crippen molar-refractivity contribution in [3.63, 3.8) is 0 Å². The second-order valence-corrected chi connectivity index (χ2v) is 6.08. The minimum absolute atomic E-state index is 0.164. The predicted octanol–water partition coefficient (Wildman–Crippen LogP) is 3.37. The van der Waals surface area contributed by atoms with Gasteiger partial charge in [0.1, 0.15) is 13.2 Å². The number of ether oxygens (including phenoxy) is 4. The van der Waals surface area contributed by atoms with Crippen LogP contribution in [0.2, 0.25) is 0 Å². The van der Waals surface area contributed by atoms with E-state index in [4.69, 9.17) is 18.9 Å². The molecular weight excluding hydrogens is 346 g/mol. The monoisotopic (exact) mass is 369 g/mol. The van der Waals surface area contributed by atoms with E-state index >= 15 is 0 Å². The second kappa shape index (κ2) is 8.49. The van der Waals surface area contributed by atoms with Crippen LogP contribution in [-0.2, 0) is 4.79 Å². The van der Waals surface area contributed by atoms with Crippen molar-refractivity contribution in [1.29, 1.82) is 0 Å². The molecule has 142 valence electrons. The molecule has 2 aromatic rings. The quantitative estimate of drug-likeness (QED) is 0.791. The minimum Gasteiger partial charge on any atom is -0.493 e. The van der Waals surface area contributed by atoms with E-state index in [0.29, 0.717) is 30.5 Å². The zero-order chi connectivity index (χ0) is 19.2. The van der Waals surface area contributed by atoms with E-state index in [0.717, 1.165) is 16.9 Å². The Morgan fingerprint density at radius 3 is 2.52 bits per heavy atom. The Balaban J connectivity index is 1.64. The number of carbonyl (C=O) groups is 1. The van der Waals surface area contributed by atoms with Gasteiger partial charge in [0.25, 0.3) is 0 Å². The van der Waals surface area contributed by atoms with Crippen molar-refractivity contribution in [3.8, 4) is 23.0 Å². The van der Waals surface area contributed by atoms with Crippen LogP contribution in [0.3, 0.4) is 0 Å². The van der Waals surface area contributed by atoms with Gasteiger partial charge in [-0.2, -0.15) is 0 Å². The number of rotatable bonds is 6. The van der Waals surface area contributed by atoms with Gasteiger partial charge in [0.15, 0.2) is 23.0 Å². The number of nitrogens with one attached hydrogen (secondary N) is 1. The minimum atomic E-state index is -0.188. The van der Waals surface area contributed by atoms with Crippen LogP contribution in [0, 0.1) is 0 Å². The molecule has 0 fully saturated rings. The van der Waals surface area contributed by atoms with Crippen molar-refractivity contribution in [1.82, 2.24) is 5.32 Å². The highest BCUT2D eigenvalue weighted by Crippen LogP contribution is 2.32. The Morgan fingerprint density at radius 1 is 1.04 bits per heavy atom. The van der Waals surface area contributed by atoms with Gasteiger partial charge < -0.3 is 24.3 Å². The maximum atomic E-state index is 12.3. The first-order chi connectivity index (χ1) is 13.1. The summed E-state index contributed by atoms with van der Waals surface area (Å²) in [4.78, 5) is 12.3. The fraction of sp³-hybridized carbons (Fsp3) is 0.286. The van der Waals surface area contributed by atoms with Gasteiger partial charge in [0.2, 0.25) is 5.91 Å². The van der Waals surface area contributed by atoms with E-state index in [2.05, 4.69) is 5.32 Å². The maximum absolute atomic E-state index is 12.3. The highest BCUT2D eigenvalue weighted by molar-refractivity contribution is 5.92. The fourth-order valence-electron chi connectivity index (χ4n) is 2.80. The highest BCUT2D eigenvalue weighted by Gasteiger charge is 2.15. The molecule has 0 saturated heterocycles. The second-order valence-electron chi connectivity index (χ2n) is 6.08. The fourth-order valence-corrected chi connectivity index (χ4v) is 2.80. The lowest BCUT2D eigenvalue weighted by atomic mass is 10.1. The van der Waals surface area contributed by atoms with Crippen LogP contribution in [0.1, 0.15) is 24.1 Å². The number of hydrogen-bond donors (Lipinski definition) is 1. The van der Waals surface area contributed by atoms with E-state index in [-0.39, 0.29) is 11.9 Å². The lowest BCUT2D eigenvalue weighted by Crippen LogP contribution is -2.25. The Morgan fingerprint density at radius 2 is 1.78 bits per heavy atom. The summed E-state index contributed by atoms with van der Waals surface area (Å²) in [6, 6.07) is 11.0. The molecule has 0 saturated carbocycles. The van der Waals surface area contributed by atoms with Gasteiger partial charge in [-0.3, -0.25) is 4.79 Å². The largest absolute Gasteiger partial charge is 0.493 e. The Hall–Kier alpha value is -3.15. The van der Waals surface area contributed by atoms with E-state index in [9.17, 15) is 4.79 Å². The normalized spacial score (nSPS) is 13.9. The Bertz CT molecular complexity index is 846. The zero-order valence-corrected chi connectivity index (χ0v) is 15.7. The standard InChI is InChI=1S/C21H23NO5/c1-14(16-6-8-18-20(13-16)27-11-10-26-18)22-21(23)9-5-15-4-7-17(24-2)19(12-15)25-3/h4-9,12-14H,10-11H2,1-3H3,(H,22,23)/b9-5+/t14-/m0/s1. The number of fused-ring (bicyclic) bond motifs is 1. The third-order valence-corrected chi connectivity index (χ3v) is 4.26. The summed E-state index contributed by atoms with van der Waals surface area (Å²) >= 11 is 0. The predicted molar refractivity (Wildman–Crippen MR) is 103 cm³/mol. The van der Waals surface area contributed by atoms with Crippen molar-refractivity contribution in [2.24, 2.45) is 0 Å². The summed E-state index contributed by atoms with van der Waals surface area (Å²) in [7, 11) is 3.16. The molecule has 0 aliphatic carbocycles. The van der Waals surface area contributed by atoms with E-state index in [1.807, 2.05) is 37.3 Å². The topological polar surface area (TPSA) is 66.0 Å². The molecule has 1 heterocycles. The van der Waals surface area contributed by atoms with Crippen molar-refractivity contribution in [3.05, 3.63) is 53.6 Å². The average Bonchev–Trinajstić information content (AvgIpc) is 2.71. The molecule has 6 nitrogen and oxygen atoms in total. The summed E-state index contributed by atoms with van der Waals surface area (Å²) in [5.74, 6) is 2.51. The van der Waals surface area contributed by atoms with Crippen molar-refractivity contribution in [2.45, 2.75) is 13.0 Å². The van der Waals surface area contributed by atoms with Crippen LogP contribution in [-0.4, -0.2) is 33.3 Å². The summed E-state index contributed by atoms with van der Waals surface area (Å²) in [6.45, 7) is 3.01. The van der Waals surface area contributed by atoms with E-state index in [1.165, 1.54) is 6.08 Å². The first kappa shape index (κ1) is 18.6. The number of carbonyl (C=O) groups excluding carboxylic acids is 1. The van der Waals surface area contributed by atoms with Crippen LogP contribution < -0.4 is 24.3 Å². The third kappa shape index (κ3) is 4.53. The third-order valence-electron chi connectivity index (χ3n) is 4.26. The molecule has 0 spiro atoms. The summed E-state index contributed by atoms with van der Waals surface area (Å²) in [5, 5.41) is 2.95. The van der Waals surface area contributed by atoms with Gasteiger partial charge in [-0.25, -0.2) is 0 Å². The molecule has 0 unspecified atom stereocenters. The average molecular weight is 369 g/mol.